The van der Waals surface area contributed by atoms with E-state index < -0.39 is 0 Å². The van der Waals surface area contributed by atoms with Crippen LogP contribution in [0.2, 0.25) is 0 Å². The smallest absolute Gasteiger partial charge is 0.0685 e. The number of fused-ring (bicyclic) bond motifs is 1. The van der Waals surface area contributed by atoms with Crippen molar-refractivity contribution < 1.29 is 0 Å². The maximum atomic E-state index is 4.61. The normalized spacial score (nSPS) is 16.2. The summed E-state index contributed by atoms with van der Waals surface area (Å²) in [4.78, 5) is 0. The molecule has 19 heavy (non-hydrogen) atoms. The summed E-state index contributed by atoms with van der Waals surface area (Å²) in [5.41, 5.74) is 2.72. The third kappa shape index (κ3) is 2.99. The van der Waals surface area contributed by atoms with Crippen molar-refractivity contribution in [3.8, 4) is 0 Å². The molecular formula is C17H26N2. The second kappa shape index (κ2) is 6.74. The Bertz CT molecular complexity index is 507. The van der Waals surface area contributed by atoms with Crippen LogP contribution in [0.5, 0.6) is 0 Å². The van der Waals surface area contributed by atoms with Gasteiger partial charge in [-0.1, -0.05) is 46.1 Å². The third-order valence-corrected chi connectivity index (χ3v) is 3.99. The zero-order chi connectivity index (χ0) is 13.7. The molecule has 1 aromatic carbocycles. The molecule has 0 atom stereocenters. The molecule has 104 valence electrons. The Kier molecular flexibility index (Phi) is 5.00. The molecule has 0 aliphatic heterocycles. The summed E-state index contributed by atoms with van der Waals surface area (Å²) in [5, 5.41) is 5.91. The maximum absolute atomic E-state index is 4.61. The van der Waals surface area contributed by atoms with Crippen molar-refractivity contribution in [2.75, 3.05) is 0 Å². The van der Waals surface area contributed by atoms with Gasteiger partial charge in [0.25, 0.3) is 0 Å². The zero-order valence-electron chi connectivity index (χ0n) is 12.5. The van der Waals surface area contributed by atoms with Gasteiger partial charge < -0.3 is 0 Å². The number of aromatic nitrogens is 2. The molecule has 0 unspecified atom stereocenters. The Morgan fingerprint density at radius 1 is 1.16 bits per heavy atom. The van der Waals surface area contributed by atoms with Crippen LogP contribution in [0.1, 0.15) is 64.5 Å². The number of hydrogen-bond donors (Lipinski definition) is 0. The Balaban J connectivity index is 0.000000637. The standard InChI is InChI=1S/C15H20N2.C2H6/c1-2-12-8-9-15-13(10-12)11-16-17(15)14-6-4-3-5-7-14;1-2/h8-11,14H,2-7H2,1H3;1-2H3. The second-order valence-corrected chi connectivity index (χ2v) is 5.13. The molecule has 2 aromatic rings. The molecule has 0 radical (unpaired) electrons. The minimum Gasteiger partial charge on any atom is -0.262 e. The molecular weight excluding hydrogens is 232 g/mol. The van der Waals surface area contributed by atoms with E-state index >= 15 is 0 Å². The molecule has 2 nitrogen and oxygen atoms in total. The van der Waals surface area contributed by atoms with Gasteiger partial charge in [-0.2, -0.15) is 5.10 Å². The summed E-state index contributed by atoms with van der Waals surface area (Å²) >= 11 is 0. The fraction of sp³-hybridized carbons (Fsp3) is 0.588. The topological polar surface area (TPSA) is 17.8 Å². The van der Waals surface area contributed by atoms with Crippen LogP contribution in [0.3, 0.4) is 0 Å². The highest BCUT2D eigenvalue weighted by atomic mass is 15.3. The molecule has 1 fully saturated rings. The van der Waals surface area contributed by atoms with Crippen molar-refractivity contribution in [3.63, 3.8) is 0 Å². The molecule has 0 N–H and O–H groups in total. The van der Waals surface area contributed by atoms with E-state index in [2.05, 4.69) is 34.9 Å². The van der Waals surface area contributed by atoms with Crippen molar-refractivity contribution in [2.24, 2.45) is 0 Å². The number of rotatable bonds is 2. The van der Waals surface area contributed by atoms with Crippen molar-refractivity contribution in [3.05, 3.63) is 30.0 Å². The van der Waals surface area contributed by atoms with E-state index in [0.717, 1.165) is 6.42 Å². The van der Waals surface area contributed by atoms with Gasteiger partial charge in [0, 0.05) is 5.39 Å². The van der Waals surface area contributed by atoms with Crippen LogP contribution in [0, 0.1) is 0 Å². The molecule has 1 aliphatic carbocycles. The van der Waals surface area contributed by atoms with Gasteiger partial charge in [0.2, 0.25) is 0 Å². The van der Waals surface area contributed by atoms with E-state index in [4.69, 9.17) is 0 Å². The number of benzene rings is 1. The van der Waals surface area contributed by atoms with Gasteiger partial charge in [-0.25, -0.2) is 0 Å². The lowest BCUT2D eigenvalue weighted by atomic mass is 9.95. The van der Waals surface area contributed by atoms with E-state index in [1.165, 1.54) is 48.6 Å². The SMILES string of the molecule is CC.CCc1ccc2c(cnn2C2CCCCC2)c1. The van der Waals surface area contributed by atoms with Crippen molar-refractivity contribution in [2.45, 2.75) is 65.3 Å². The number of hydrogen-bond acceptors (Lipinski definition) is 1. The summed E-state index contributed by atoms with van der Waals surface area (Å²) in [6.45, 7) is 6.20. The monoisotopic (exact) mass is 258 g/mol. The lowest BCUT2D eigenvalue weighted by Gasteiger charge is -2.22. The first-order valence-electron chi connectivity index (χ1n) is 7.84. The molecule has 2 heteroatoms. The van der Waals surface area contributed by atoms with Crippen molar-refractivity contribution in [1.82, 2.24) is 9.78 Å². The molecule has 0 amide bonds. The van der Waals surface area contributed by atoms with E-state index in [1.54, 1.807) is 0 Å². The Morgan fingerprint density at radius 3 is 2.58 bits per heavy atom. The van der Waals surface area contributed by atoms with Crippen LogP contribution in [0.15, 0.2) is 24.4 Å². The highest BCUT2D eigenvalue weighted by Crippen LogP contribution is 2.30. The first-order chi connectivity index (χ1) is 9.38. The van der Waals surface area contributed by atoms with Crippen molar-refractivity contribution in [1.29, 1.82) is 0 Å². The fourth-order valence-corrected chi connectivity index (χ4v) is 2.94. The highest BCUT2D eigenvalue weighted by Gasteiger charge is 2.17. The Morgan fingerprint density at radius 2 is 1.89 bits per heavy atom. The molecule has 0 saturated heterocycles. The molecule has 1 saturated carbocycles. The van der Waals surface area contributed by atoms with Crippen LogP contribution in [0.25, 0.3) is 10.9 Å². The van der Waals surface area contributed by atoms with Gasteiger partial charge in [-0.05, 0) is 37.0 Å². The van der Waals surface area contributed by atoms with Gasteiger partial charge in [0.15, 0.2) is 0 Å². The molecule has 1 heterocycles. The highest BCUT2D eigenvalue weighted by molar-refractivity contribution is 5.79. The quantitative estimate of drug-likeness (QED) is 0.730. The van der Waals surface area contributed by atoms with Crippen molar-refractivity contribution >= 4 is 10.9 Å². The van der Waals surface area contributed by atoms with Gasteiger partial charge in [-0.15, -0.1) is 0 Å². The predicted octanol–water partition coefficient (Wildman–Crippen LogP) is 5.13. The number of aryl methyl sites for hydroxylation is 1. The molecule has 1 aliphatic rings. The molecule has 0 bridgehead atoms. The summed E-state index contributed by atoms with van der Waals surface area (Å²) < 4.78 is 2.26. The lowest BCUT2D eigenvalue weighted by molar-refractivity contribution is 0.337. The van der Waals surface area contributed by atoms with Crippen LogP contribution in [0.4, 0.5) is 0 Å². The van der Waals surface area contributed by atoms with Crippen LogP contribution in [-0.2, 0) is 6.42 Å². The predicted molar refractivity (Wildman–Crippen MR) is 82.6 cm³/mol. The summed E-state index contributed by atoms with van der Waals surface area (Å²) in [6, 6.07) is 7.40. The van der Waals surface area contributed by atoms with Gasteiger partial charge in [0.1, 0.15) is 0 Å². The zero-order valence-corrected chi connectivity index (χ0v) is 12.5. The first-order valence-corrected chi connectivity index (χ1v) is 7.84. The fourth-order valence-electron chi connectivity index (χ4n) is 2.94. The summed E-state index contributed by atoms with van der Waals surface area (Å²) in [6.07, 6.45) is 9.85. The number of nitrogens with zero attached hydrogens (tertiary/aromatic N) is 2. The summed E-state index contributed by atoms with van der Waals surface area (Å²) in [5.74, 6) is 0. The minimum atomic E-state index is 0.633. The van der Waals surface area contributed by atoms with Crippen LogP contribution >= 0.6 is 0 Å². The summed E-state index contributed by atoms with van der Waals surface area (Å²) in [7, 11) is 0. The second-order valence-electron chi connectivity index (χ2n) is 5.13. The first kappa shape index (κ1) is 14.1. The Hall–Kier alpha value is -1.31. The molecule has 3 rings (SSSR count). The van der Waals surface area contributed by atoms with Crippen LogP contribution < -0.4 is 0 Å². The van der Waals surface area contributed by atoms with E-state index in [-0.39, 0.29) is 0 Å². The van der Waals surface area contributed by atoms with E-state index in [0.29, 0.717) is 6.04 Å². The Labute approximate surface area is 116 Å². The average molecular weight is 258 g/mol. The lowest BCUT2D eigenvalue weighted by Crippen LogP contribution is -2.13. The average Bonchev–Trinajstić information content (AvgIpc) is 2.93. The largest absolute Gasteiger partial charge is 0.262 e. The van der Waals surface area contributed by atoms with E-state index in [1.807, 2.05) is 20.0 Å². The molecule has 1 aromatic heterocycles. The van der Waals surface area contributed by atoms with E-state index in [9.17, 15) is 0 Å². The minimum absolute atomic E-state index is 0.633. The van der Waals surface area contributed by atoms with Crippen LogP contribution in [-0.4, -0.2) is 9.78 Å². The third-order valence-electron chi connectivity index (χ3n) is 3.99. The maximum Gasteiger partial charge on any atom is 0.0685 e. The van der Waals surface area contributed by atoms with Gasteiger partial charge >= 0.3 is 0 Å². The van der Waals surface area contributed by atoms with Gasteiger partial charge in [-0.3, -0.25) is 4.68 Å². The molecule has 0 spiro atoms. The van der Waals surface area contributed by atoms with Gasteiger partial charge in [0.05, 0.1) is 17.8 Å².